The molecule has 2 N–H and O–H groups in total. The molecule has 5 heteroatoms. The first-order valence-corrected chi connectivity index (χ1v) is 6.18. The van der Waals surface area contributed by atoms with Crippen LogP contribution in [0.15, 0.2) is 59.1 Å². The van der Waals surface area contributed by atoms with Crippen LogP contribution in [0.2, 0.25) is 0 Å². The van der Waals surface area contributed by atoms with Crippen molar-refractivity contribution in [2.75, 3.05) is 5.73 Å². The summed E-state index contributed by atoms with van der Waals surface area (Å²) >= 11 is 0. The van der Waals surface area contributed by atoms with E-state index in [0.717, 1.165) is 11.3 Å². The normalized spacial score (nSPS) is 10.4. The van der Waals surface area contributed by atoms with Gasteiger partial charge in [0.25, 0.3) is 5.89 Å². The Bertz CT molecular complexity index is 695. The molecule has 100 valence electrons. The highest BCUT2D eigenvalue weighted by molar-refractivity contribution is 5.70. The average Bonchev–Trinajstić information content (AvgIpc) is 2.95. The summed E-state index contributed by atoms with van der Waals surface area (Å²) in [6.07, 6.45) is 0. The molecule has 1 aromatic heterocycles. The van der Waals surface area contributed by atoms with Crippen LogP contribution in [0.3, 0.4) is 0 Å². The lowest BCUT2D eigenvalue weighted by molar-refractivity contribution is 0.243. The van der Waals surface area contributed by atoms with Crippen LogP contribution in [-0.2, 0) is 6.61 Å². The molecule has 0 fully saturated rings. The predicted octanol–water partition coefficient (Wildman–Crippen LogP) is 2.90. The van der Waals surface area contributed by atoms with Gasteiger partial charge in [-0.05, 0) is 24.3 Å². The molecular formula is C15H13N3O2. The van der Waals surface area contributed by atoms with Gasteiger partial charge in [-0.2, -0.15) is 4.98 Å². The summed E-state index contributed by atoms with van der Waals surface area (Å²) < 4.78 is 10.7. The van der Waals surface area contributed by atoms with Crippen LogP contribution in [0.1, 0.15) is 5.89 Å². The van der Waals surface area contributed by atoms with E-state index in [0.29, 0.717) is 17.4 Å². The van der Waals surface area contributed by atoms with E-state index in [4.69, 9.17) is 15.0 Å². The van der Waals surface area contributed by atoms with Gasteiger partial charge in [0.2, 0.25) is 5.82 Å². The van der Waals surface area contributed by atoms with E-state index in [9.17, 15) is 0 Å². The number of hydrogen-bond acceptors (Lipinski definition) is 5. The van der Waals surface area contributed by atoms with Crippen LogP contribution in [-0.4, -0.2) is 10.1 Å². The second-order valence-corrected chi connectivity index (χ2v) is 4.20. The van der Waals surface area contributed by atoms with E-state index in [1.165, 1.54) is 0 Å². The van der Waals surface area contributed by atoms with Crippen molar-refractivity contribution in [3.63, 3.8) is 0 Å². The number of hydrogen-bond donors (Lipinski definition) is 1. The van der Waals surface area contributed by atoms with E-state index < -0.39 is 0 Å². The summed E-state index contributed by atoms with van der Waals surface area (Å²) in [5, 5.41) is 3.91. The average molecular weight is 267 g/mol. The number of anilines is 1. The van der Waals surface area contributed by atoms with E-state index in [1.54, 1.807) is 6.07 Å². The highest BCUT2D eigenvalue weighted by Crippen LogP contribution is 2.22. The van der Waals surface area contributed by atoms with Gasteiger partial charge in [-0.15, -0.1) is 0 Å². The summed E-state index contributed by atoms with van der Waals surface area (Å²) in [4.78, 5) is 4.27. The molecule has 20 heavy (non-hydrogen) atoms. The van der Waals surface area contributed by atoms with Crippen molar-refractivity contribution >= 4 is 5.69 Å². The fourth-order valence-electron chi connectivity index (χ4n) is 1.79. The number of benzene rings is 2. The molecular weight excluding hydrogens is 254 g/mol. The Kier molecular flexibility index (Phi) is 3.33. The summed E-state index contributed by atoms with van der Waals surface area (Å²) in [6, 6.07) is 16.8. The molecule has 0 aliphatic carbocycles. The first-order valence-electron chi connectivity index (χ1n) is 6.18. The fraction of sp³-hybridized carbons (Fsp3) is 0.0667. The Morgan fingerprint density at radius 3 is 2.55 bits per heavy atom. The third kappa shape index (κ3) is 2.61. The number of nitrogens with zero attached hydrogens (tertiary/aromatic N) is 2. The van der Waals surface area contributed by atoms with Crippen molar-refractivity contribution in [2.24, 2.45) is 0 Å². The van der Waals surface area contributed by atoms with Gasteiger partial charge in [-0.3, -0.25) is 0 Å². The molecule has 0 aliphatic rings. The summed E-state index contributed by atoms with van der Waals surface area (Å²) in [5.41, 5.74) is 7.24. The van der Waals surface area contributed by atoms with Crippen molar-refractivity contribution in [3.05, 3.63) is 60.5 Å². The zero-order chi connectivity index (χ0) is 13.8. The Labute approximate surface area is 116 Å². The molecule has 0 spiro atoms. The molecule has 3 rings (SSSR count). The van der Waals surface area contributed by atoms with Crippen molar-refractivity contribution in [2.45, 2.75) is 6.61 Å². The largest absolute Gasteiger partial charge is 0.484 e. The van der Waals surface area contributed by atoms with E-state index in [1.807, 2.05) is 48.5 Å². The van der Waals surface area contributed by atoms with E-state index in [-0.39, 0.29) is 6.61 Å². The minimum absolute atomic E-state index is 0.226. The SMILES string of the molecule is Nc1ccccc1-c1noc(COc2ccccc2)n1. The molecule has 0 unspecified atom stereocenters. The van der Waals surface area contributed by atoms with E-state index >= 15 is 0 Å². The first-order chi connectivity index (χ1) is 9.83. The fourth-order valence-corrected chi connectivity index (χ4v) is 1.79. The van der Waals surface area contributed by atoms with Gasteiger partial charge in [0, 0.05) is 11.3 Å². The zero-order valence-corrected chi connectivity index (χ0v) is 10.7. The summed E-state index contributed by atoms with van der Waals surface area (Å²) in [6.45, 7) is 0.226. The molecule has 2 aromatic carbocycles. The smallest absolute Gasteiger partial charge is 0.264 e. The minimum Gasteiger partial charge on any atom is -0.484 e. The zero-order valence-electron chi connectivity index (χ0n) is 10.7. The third-order valence-corrected chi connectivity index (χ3v) is 2.78. The molecule has 3 aromatic rings. The van der Waals surface area contributed by atoms with Gasteiger partial charge in [0.15, 0.2) is 6.61 Å². The Morgan fingerprint density at radius 1 is 1.00 bits per heavy atom. The third-order valence-electron chi connectivity index (χ3n) is 2.78. The van der Waals surface area contributed by atoms with Gasteiger partial charge in [0.05, 0.1) is 0 Å². The molecule has 0 saturated heterocycles. The maximum Gasteiger partial charge on any atom is 0.264 e. The van der Waals surface area contributed by atoms with Crippen molar-refractivity contribution in [1.82, 2.24) is 10.1 Å². The van der Waals surface area contributed by atoms with Gasteiger partial charge >= 0.3 is 0 Å². The van der Waals surface area contributed by atoms with Gasteiger partial charge in [0.1, 0.15) is 5.75 Å². The lowest BCUT2D eigenvalue weighted by Crippen LogP contribution is -1.95. The van der Waals surface area contributed by atoms with Gasteiger partial charge in [-0.1, -0.05) is 35.5 Å². The standard InChI is InChI=1S/C15H13N3O2/c16-13-9-5-4-8-12(13)15-17-14(20-18-15)10-19-11-6-2-1-3-7-11/h1-9H,10,16H2. The van der Waals surface area contributed by atoms with Crippen LogP contribution in [0, 0.1) is 0 Å². The first kappa shape index (κ1) is 12.2. The Morgan fingerprint density at radius 2 is 1.75 bits per heavy atom. The van der Waals surface area contributed by atoms with E-state index in [2.05, 4.69) is 10.1 Å². The van der Waals surface area contributed by atoms with Gasteiger partial charge in [-0.25, -0.2) is 0 Å². The molecule has 0 aliphatic heterocycles. The van der Waals surface area contributed by atoms with Crippen molar-refractivity contribution < 1.29 is 9.26 Å². The number of nitrogens with two attached hydrogens (primary N) is 1. The highest BCUT2D eigenvalue weighted by atomic mass is 16.5. The monoisotopic (exact) mass is 267 g/mol. The molecule has 0 atom stereocenters. The Hall–Kier alpha value is -2.82. The topological polar surface area (TPSA) is 74.2 Å². The summed E-state index contributed by atoms with van der Waals surface area (Å²) in [7, 11) is 0. The lowest BCUT2D eigenvalue weighted by Gasteiger charge is -2.01. The Balaban J connectivity index is 1.73. The van der Waals surface area contributed by atoms with Crippen LogP contribution >= 0.6 is 0 Å². The number of nitrogen functional groups attached to an aromatic ring is 1. The quantitative estimate of drug-likeness (QED) is 0.736. The lowest BCUT2D eigenvalue weighted by atomic mass is 10.2. The van der Waals surface area contributed by atoms with Crippen LogP contribution in [0.4, 0.5) is 5.69 Å². The molecule has 0 bridgehead atoms. The van der Waals surface area contributed by atoms with Crippen LogP contribution in [0.25, 0.3) is 11.4 Å². The second-order valence-electron chi connectivity index (χ2n) is 4.20. The molecule has 1 heterocycles. The highest BCUT2D eigenvalue weighted by Gasteiger charge is 2.11. The van der Waals surface area contributed by atoms with Gasteiger partial charge < -0.3 is 15.0 Å². The van der Waals surface area contributed by atoms with Crippen LogP contribution in [0.5, 0.6) is 5.75 Å². The van der Waals surface area contributed by atoms with Crippen molar-refractivity contribution in [1.29, 1.82) is 0 Å². The molecule has 0 radical (unpaired) electrons. The molecule has 5 nitrogen and oxygen atoms in total. The predicted molar refractivity (Wildman–Crippen MR) is 74.9 cm³/mol. The molecule has 0 saturated carbocycles. The molecule has 0 amide bonds. The number of ether oxygens (including phenoxy) is 1. The maximum atomic E-state index is 5.87. The second kappa shape index (κ2) is 5.44. The minimum atomic E-state index is 0.226. The number of para-hydroxylation sites is 2. The van der Waals surface area contributed by atoms with Crippen LogP contribution < -0.4 is 10.5 Å². The number of aromatic nitrogens is 2. The number of rotatable bonds is 4. The van der Waals surface area contributed by atoms with Crippen molar-refractivity contribution in [3.8, 4) is 17.1 Å². The summed E-state index contributed by atoms with van der Waals surface area (Å²) in [5.74, 6) is 1.63. The maximum absolute atomic E-state index is 5.87.